The number of hydrogen-bond acceptors (Lipinski definition) is 6. The molecule has 0 saturated carbocycles. The molecule has 1 N–H and O–H groups in total. The van der Waals surface area contributed by atoms with Crippen LogP contribution in [0.5, 0.6) is 17.2 Å². The Bertz CT molecular complexity index is 1180. The van der Waals surface area contributed by atoms with Crippen LogP contribution in [0.15, 0.2) is 72.2 Å². The Morgan fingerprint density at radius 2 is 1.90 bits per heavy atom. The first-order chi connectivity index (χ1) is 15.1. The number of pyridine rings is 1. The molecule has 0 radical (unpaired) electrons. The van der Waals surface area contributed by atoms with Gasteiger partial charge in [-0.05, 0) is 54.6 Å². The first-order valence-electron chi connectivity index (χ1n) is 9.38. The van der Waals surface area contributed by atoms with Gasteiger partial charge in [0.2, 0.25) is 5.91 Å². The Hall–Kier alpha value is -3.42. The zero-order chi connectivity index (χ0) is 21.6. The van der Waals surface area contributed by atoms with E-state index < -0.39 is 0 Å². The molecule has 4 aromatic rings. The zero-order valence-corrected chi connectivity index (χ0v) is 18.1. The molecule has 6 nitrogen and oxygen atoms in total. The molecule has 0 unspecified atom stereocenters. The highest BCUT2D eigenvalue weighted by atomic mass is 35.5. The van der Waals surface area contributed by atoms with Crippen LogP contribution in [0.2, 0.25) is 5.02 Å². The fraction of sp³-hybridized carbons (Fsp3) is 0.0870. The average molecular weight is 452 g/mol. The summed E-state index contributed by atoms with van der Waals surface area (Å²) in [7, 11) is 1.60. The molecular formula is C23H18ClN3O3S. The van der Waals surface area contributed by atoms with Crippen LogP contribution in [0, 0.1) is 0 Å². The van der Waals surface area contributed by atoms with Gasteiger partial charge < -0.3 is 14.8 Å². The first kappa shape index (κ1) is 20.8. The van der Waals surface area contributed by atoms with E-state index in [0.717, 1.165) is 16.5 Å². The van der Waals surface area contributed by atoms with E-state index in [-0.39, 0.29) is 12.3 Å². The maximum absolute atomic E-state index is 12.6. The molecule has 8 heteroatoms. The highest BCUT2D eigenvalue weighted by molar-refractivity contribution is 7.13. The van der Waals surface area contributed by atoms with Gasteiger partial charge in [0.25, 0.3) is 0 Å². The third-order valence-electron chi connectivity index (χ3n) is 4.28. The minimum Gasteiger partial charge on any atom is -0.497 e. The number of nitrogens with one attached hydrogen (secondary N) is 1. The largest absolute Gasteiger partial charge is 0.497 e. The van der Waals surface area contributed by atoms with E-state index in [0.29, 0.717) is 27.9 Å². The van der Waals surface area contributed by atoms with E-state index in [9.17, 15) is 4.79 Å². The number of nitrogens with zero attached hydrogens (tertiary/aromatic N) is 2. The molecular weight excluding hydrogens is 434 g/mol. The van der Waals surface area contributed by atoms with E-state index in [1.807, 2.05) is 23.6 Å². The number of anilines is 1. The predicted molar refractivity (Wildman–Crippen MR) is 122 cm³/mol. The molecule has 2 aromatic carbocycles. The summed E-state index contributed by atoms with van der Waals surface area (Å²) in [5.41, 5.74) is 1.93. The van der Waals surface area contributed by atoms with Crippen LogP contribution in [0.4, 0.5) is 5.69 Å². The van der Waals surface area contributed by atoms with Gasteiger partial charge in [0.1, 0.15) is 16.5 Å². The Morgan fingerprint density at radius 1 is 1.10 bits per heavy atom. The minimum absolute atomic E-state index is 0.123. The smallest absolute Gasteiger partial charge is 0.230 e. The highest BCUT2D eigenvalue weighted by Gasteiger charge is 2.13. The van der Waals surface area contributed by atoms with E-state index in [2.05, 4.69) is 15.3 Å². The van der Waals surface area contributed by atoms with Gasteiger partial charge in [-0.3, -0.25) is 9.78 Å². The molecule has 0 fully saturated rings. The van der Waals surface area contributed by atoms with Gasteiger partial charge in [-0.25, -0.2) is 4.98 Å². The van der Waals surface area contributed by atoms with Gasteiger partial charge >= 0.3 is 0 Å². The number of amides is 1. The number of aromatic nitrogens is 2. The van der Waals surface area contributed by atoms with Crippen LogP contribution in [0.3, 0.4) is 0 Å². The molecule has 4 rings (SSSR count). The molecule has 31 heavy (non-hydrogen) atoms. The molecule has 2 heterocycles. The van der Waals surface area contributed by atoms with Gasteiger partial charge in [0.05, 0.1) is 30.6 Å². The van der Waals surface area contributed by atoms with Crippen molar-refractivity contribution < 1.29 is 14.3 Å². The van der Waals surface area contributed by atoms with Crippen LogP contribution in [-0.2, 0) is 11.2 Å². The van der Waals surface area contributed by atoms with E-state index >= 15 is 0 Å². The van der Waals surface area contributed by atoms with Gasteiger partial charge in [0.15, 0.2) is 5.75 Å². The lowest BCUT2D eigenvalue weighted by molar-refractivity contribution is -0.115. The van der Waals surface area contributed by atoms with Crippen LogP contribution < -0.4 is 14.8 Å². The topological polar surface area (TPSA) is 73.3 Å². The third kappa shape index (κ3) is 5.39. The van der Waals surface area contributed by atoms with Crippen LogP contribution in [0.1, 0.15) is 5.69 Å². The number of methoxy groups -OCH3 is 1. The zero-order valence-electron chi connectivity index (χ0n) is 16.5. The normalized spacial score (nSPS) is 10.5. The summed E-state index contributed by atoms with van der Waals surface area (Å²) in [6.07, 6.45) is 1.84. The monoisotopic (exact) mass is 451 g/mol. The molecule has 1 amide bonds. The Morgan fingerprint density at radius 3 is 2.65 bits per heavy atom. The second-order valence-electron chi connectivity index (χ2n) is 6.50. The number of carbonyl (C=O) groups is 1. The van der Waals surface area contributed by atoms with Gasteiger partial charge in [-0.1, -0.05) is 17.7 Å². The van der Waals surface area contributed by atoms with Crippen molar-refractivity contribution in [2.45, 2.75) is 6.42 Å². The number of rotatable bonds is 7. The minimum atomic E-state index is -0.222. The summed E-state index contributed by atoms with van der Waals surface area (Å²) in [5, 5.41) is 5.99. The summed E-state index contributed by atoms with van der Waals surface area (Å²) in [4.78, 5) is 21.5. The molecule has 0 aliphatic carbocycles. The van der Waals surface area contributed by atoms with Gasteiger partial charge in [-0.15, -0.1) is 11.3 Å². The van der Waals surface area contributed by atoms with Crippen LogP contribution >= 0.6 is 22.9 Å². The van der Waals surface area contributed by atoms with Crippen molar-refractivity contribution >= 4 is 34.5 Å². The number of carbonyl (C=O) groups excluding carboxylic acids is 1. The predicted octanol–water partition coefficient (Wildman–Crippen LogP) is 5.84. The summed E-state index contributed by atoms with van der Waals surface area (Å²) >= 11 is 7.58. The lowest BCUT2D eigenvalue weighted by Crippen LogP contribution is -2.15. The SMILES string of the molecule is COc1ccc(Oc2ccc(Cl)cc2NC(=O)Cc2csc(-c3ccccn3)n2)cc1. The molecule has 0 aliphatic heterocycles. The molecule has 2 aromatic heterocycles. The van der Waals surface area contributed by atoms with E-state index in [1.54, 1.807) is 55.8 Å². The van der Waals surface area contributed by atoms with Gasteiger partial charge in [-0.2, -0.15) is 0 Å². The molecule has 0 atom stereocenters. The maximum Gasteiger partial charge on any atom is 0.230 e. The quantitative estimate of drug-likeness (QED) is 0.382. The maximum atomic E-state index is 12.6. The van der Waals surface area contributed by atoms with Crippen LogP contribution in [-0.4, -0.2) is 23.0 Å². The second kappa shape index (κ2) is 9.59. The average Bonchev–Trinajstić information content (AvgIpc) is 3.25. The molecule has 0 saturated heterocycles. The van der Waals surface area contributed by atoms with Crippen molar-refractivity contribution in [3.63, 3.8) is 0 Å². The van der Waals surface area contributed by atoms with Crippen molar-refractivity contribution in [1.82, 2.24) is 9.97 Å². The van der Waals surface area contributed by atoms with Crippen molar-refractivity contribution in [3.05, 3.63) is 83.0 Å². The van der Waals surface area contributed by atoms with E-state index in [4.69, 9.17) is 21.1 Å². The van der Waals surface area contributed by atoms with Crippen molar-refractivity contribution in [2.24, 2.45) is 0 Å². The Kier molecular flexibility index (Phi) is 6.45. The standard InChI is InChI=1S/C23H18ClN3O3S/c1-29-17-6-8-18(9-7-17)30-21-10-5-15(24)12-20(21)27-22(28)13-16-14-31-23(26-16)19-4-2-3-11-25-19/h2-12,14H,13H2,1H3,(H,27,28). The Labute approximate surface area is 188 Å². The molecule has 156 valence electrons. The summed E-state index contributed by atoms with van der Waals surface area (Å²) in [6.45, 7) is 0. The highest BCUT2D eigenvalue weighted by Crippen LogP contribution is 2.33. The number of benzene rings is 2. The van der Waals surface area contributed by atoms with Crippen molar-refractivity contribution in [2.75, 3.05) is 12.4 Å². The lowest BCUT2D eigenvalue weighted by Gasteiger charge is -2.13. The number of hydrogen-bond donors (Lipinski definition) is 1. The van der Waals surface area contributed by atoms with Gasteiger partial charge in [0, 0.05) is 16.6 Å². The molecule has 0 bridgehead atoms. The number of thiazole rings is 1. The first-order valence-corrected chi connectivity index (χ1v) is 10.6. The summed E-state index contributed by atoms with van der Waals surface area (Å²) in [6, 6.07) is 17.9. The third-order valence-corrected chi connectivity index (χ3v) is 5.43. The summed E-state index contributed by atoms with van der Waals surface area (Å²) < 4.78 is 11.1. The van der Waals surface area contributed by atoms with Crippen molar-refractivity contribution in [1.29, 1.82) is 0 Å². The fourth-order valence-corrected chi connectivity index (χ4v) is 3.78. The van der Waals surface area contributed by atoms with Crippen molar-refractivity contribution in [3.8, 4) is 28.0 Å². The fourth-order valence-electron chi connectivity index (χ4n) is 2.81. The molecule has 0 aliphatic rings. The molecule has 0 spiro atoms. The lowest BCUT2D eigenvalue weighted by atomic mass is 10.2. The van der Waals surface area contributed by atoms with E-state index in [1.165, 1.54) is 11.3 Å². The Balaban J connectivity index is 1.46. The number of halogens is 1. The summed E-state index contributed by atoms with van der Waals surface area (Å²) in [5.74, 6) is 1.60. The second-order valence-corrected chi connectivity index (χ2v) is 7.80. The number of ether oxygens (including phenoxy) is 2. The van der Waals surface area contributed by atoms with Crippen LogP contribution in [0.25, 0.3) is 10.7 Å².